The summed E-state index contributed by atoms with van der Waals surface area (Å²) >= 11 is 0. The van der Waals surface area contributed by atoms with Gasteiger partial charge in [0.15, 0.2) is 0 Å². The fraction of sp³-hybridized carbons (Fsp3) is 0.417. The molecule has 17 heavy (non-hydrogen) atoms. The van der Waals surface area contributed by atoms with E-state index in [1.165, 1.54) is 0 Å². The van der Waals surface area contributed by atoms with Gasteiger partial charge in [0.05, 0.1) is 6.42 Å². The summed E-state index contributed by atoms with van der Waals surface area (Å²) in [4.78, 5) is 11.6. The van der Waals surface area contributed by atoms with Crippen LogP contribution in [-0.2, 0) is 11.2 Å². The summed E-state index contributed by atoms with van der Waals surface area (Å²) in [5, 5.41) is 20.7. The van der Waals surface area contributed by atoms with Crippen molar-refractivity contribution in [3.05, 3.63) is 29.8 Å². The van der Waals surface area contributed by atoms with E-state index >= 15 is 0 Å². The van der Waals surface area contributed by atoms with Crippen LogP contribution in [0.15, 0.2) is 24.3 Å². The number of hydrogen-bond acceptors (Lipinski definition) is 3. The molecule has 0 aliphatic rings. The summed E-state index contributed by atoms with van der Waals surface area (Å²) in [6.07, 6.45) is 0.291. The molecule has 0 bridgehead atoms. The molecule has 0 atom stereocenters. The van der Waals surface area contributed by atoms with E-state index in [4.69, 9.17) is 10.0 Å². The van der Waals surface area contributed by atoms with Crippen LogP contribution in [-0.4, -0.2) is 28.6 Å². The van der Waals surface area contributed by atoms with Crippen LogP contribution in [0, 0.1) is 0 Å². The second-order valence-electron chi connectivity index (χ2n) is 5.09. The Bertz CT molecular complexity index is 382. The van der Waals surface area contributed by atoms with Crippen molar-refractivity contribution in [3.8, 4) is 0 Å². The second kappa shape index (κ2) is 5.34. The number of nitrogens with one attached hydrogen (secondary N) is 1. The van der Waals surface area contributed by atoms with E-state index in [0.29, 0.717) is 11.9 Å². The first-order chi connectivity index (χ1) is 7.78. The van der Waals surface area contributed by atoms with Crippen molar-refractivity contribution >= 4 is 18.5 Å². The van der Waals surface area contributed by atoms with Gasteiger partial charge in [-0.05, 0) is 31.8 Å². The molecule has 4 nitrogen and oxygen atoms in total. The smallest absolute Gasteiger partial charge is 0.423 e. The summed E-state index contributed by atoms with van der Waals surface area (Å²) in [7, 11) is -1.47. The van der Waals surface area contributed by atoms with Gasteiger partial charge in [-0.15, -0.1) is 0 Å². The van der Waals surface area contributed by atoms with Crippen LogP contribution >= 0.6 is 0 Å². The monoisotopic (exact) mass is 235 g/mol. The molecule has 0 unspecified atom stereocenters. The van der Waals surface area contributed by atoms with Gasteiger partial charge in [0.2, 0.25) is 5.91 Å². The van der Waals surface area contributed by atoms with E-state index in [-0.39, 0.29) is 11.4 Å². The summed E-state index contributed by atoms with van der Waals surface area (Å²) < 4.78 is 0. The fourth-order valence-corrected chi connectivity index (χ4v) is 1.46. The predicted molar refractivity (Wildman–Crippen MR) is 67.9 cm³/mol. The van der Waals surface area contributed by atoms with Gasteiger partial charge in [-0.25, -0.2) is 0 Å². The van der Waals surface area contributed by atoms with Gasteiger partial charge in [-0.3, -0.25) is 4.79 Å². The summed E-state index contributed by atoms with van der Waals surface area (Å²) in [5.74, 6) is -0.0465. The van der Waals surface area contributed by atoms with E-state index in [2.05, 4.69) is 5.32 Å². The van der Waals surface area contributed by atoms with Crippen LogP contribution in [0.25, 0.3) is 0 Å². The molecule has 0 saturated heterocycles. The molecule has 0 aromatic heterocycles. The third-order valence-electron chi connectivity index (χ3n) is 2.16. The van der Waals surface area contributed by atoms with Gasteiger partial charge in [-0.1, -0.05) is 24.3 Å². The Balaban J connectivity index is 2.61. The van der Waals surface area contributed by atoms with Gasteiger partial charge in [0.1, 0.15) is 0 Å². The van der Waals surface area contributed by atoms with Gasteiger partial charge in [0, 0.05) is 5.54 Å². The molecule has 0 aliphatic carbocycles. The Hall–Kier alpha value is -1.33. The van der Waals surface area contributed by atoms with Gasteiger partial charge >= 0.3 is 7.12 Å². The molecule has 0 aliphatic heterocycles. The first-order valence-corrected chi connectivity index (χ1v) is 5.54. The lowest BCUT2D eigenvalue weighted by Gasteiger charge is -2.20. The lowest BCUT2D eigenvalue weighted by molar-refractivity contribution is -0.121. The van der Waals surface area contributed by atoms with Crippen LogP contribution in [0.5, 0.6) is 0 Å². The normalized spacial score (nSPS) is 11.1. The third-order valence-corrected chi connectivity index (χ3v) is 2.16. The SMILES string of the molecule is CC(C)(C)NC(=O)Cc1ccc(B(O)O)cc1. The molecule has 92 valence electrons. The highest BCUT2D eigenvalue weighted by Crippen LogP contribution is 2.02. The maximum absolute atomic E-state index is 11.6. The minimum Gasteiger partial charge on any atom is -0.423 e. The van der Waals surface area contributed by atoms with Crippen molar-refractivity contribution in [2.24, 2.45) is 0 Å². The highest BCUT2D eigenvalue weighted by Gasteiger charge is 2.14. The van der Waals surface area contributed by atoms with Crippen molar-refractivity contribution < 1.29 is 14.8 Å². The van der Waals surface area contributed by atoms with Gasteiger partial charge in [-0.2, -0.15) is 0 Å². The van der Waals surface area contributed by atoms with Crippen molar-refractivity contribution in [3.63, 3.8) is 0 Å². The topological polar surface area (TPSA) is 69.6 Å². The Morgan fingerprint density at radius 1 is 1.24 bits per heavy atom. The Kier molecular flexibility index (Phi) is 4.31. The molecule has 1 rings (SSSR count). The molecule has 0 saturated carbocycles. The summed E-state index contributed by atoms with van der Waals surface area (Å²) in [5.41, 5.74) is 1.03. The van der Waals surface area contributed by atoms with Gasteiger partial charge < -0.3 is 15.4 Å². The van der Waals surface area contributed by atoms with Crippen LogP contribution in [0.4, 0.5) is 0 Å². The van der Waals surface area contributed by atoms with Crippen molar-refractivity contribution in [1.29, 1.82) is 0 Å². The van der Waals surface area contributed by atoms with E-state index < -0.39 is 7.12 Å². The zero-order chi connectivity index (χ0) is 13.1. The molecular formula is C12H18BNO3. The largest absolute Gasteiger partial charge is 0.488 e. The molecular weight excluding hydrogens is 217 g/mol. The number of benzene rings is 1. The fourth-order valence-electron chi connectivity index (χ4n) is 1.46. The quantitative estimate of drug-likeness (QED) is 0.637. The lowest BCUT2D eigenvalue weighted by Crippen LogP contribution is -2.41. The molecule has 0 spiro atoms. The van der Waals surface area contributed by atoms with Crippen LogP contribution in [0.1, 0.15) is 26.3 Å². The average molecular weight is 235 g/mol. The molecule has 3 N–H and O–H groups in total. The highest BCUT2D eigenvalue weighted by atomic mass is 16.4. The molecule has 5 heteroatoms. The van der Waals surface area contributed by atoms with Gasteiger partial charge in [0.25, 0.3) is 0 Å². The number of carbonyl (C=O) groups excluding carboxylic acids is 1. The Morgan fingerprint density at radius 2 is 1.76 bits per heavy atom. The standard InChI is InChI=1S/C12H18BNO3/c1-12(2,3)14-11(15)8-9-4-6-10(7-5-9)13(16)17/h4-7,16-17H,8H2,1-3H3,(H,14,15). The van der Waals surface area contributed by atoms with E-state index in [0.717, 1.165) is 5.56 Å². The molecule has 1 amide bonds. The number of carbonyl (C=O) groups is 1. The summed E-state index contributed by atoms with van der Waals surface area (Å²) in [6, 6.07) is 6.64. The predicted octanol–water partition coefficient (Wildman–Crippen LogP) is -0.176. The number of rotatable bonds is 3. The minimum atomic E-state index is -1.47. The first kappa shape index (κ1) is 13.7. The van der Waals surface area contributed by atoms with Crippen LogP contribution < -0.4 is 10.8 Å². The van der Waals surface area contributed by atoms with Crippen molar-refractivity contribution in [1.82, 2.24) is 5.32 Å². The van der Waals surface area contributed by atoms with E-state index in [1.54, 1.807) is 24.3 Å². The average Bonchev–Trinajstić information content (AvgIpc) is 2.15. The minimum absolute atomic E-state index is 0.0465. The Labute approximate surface area is 102 Å². The maximum atomic E-state index is 11.6. The highest BCUT2D eigenvalue weighted by molar-refractivity contribution is 6.58. The van der Waals surface area contributed by atoms with Crippen LogP contribution in [0.3, 0.4) is 0 Å². The molecule has 0 heterocycles. The second-order valence-corrected chi connectivity index (χ2v) is 5.09. The molecule has 1 aromatic carbocycles. The summed E-state index contributed by atoms with van der Waals surface area (Å²) in [6.45, 7) is 5.78. The lowest BCUT2D eigenvalue weighted by atomic mass is 9.80. The molecule has 1 aromatic rings. The molecule has 0 fully saturated rings. The Morgan fingerprint density at radius 3 is 2.18 bits per heavy atom. The first-order valence-electron chi connectivity index (χ1n) is 5.54. The van der Waals surface area contributed by atoms with Crippen LogP contribution in [0.2, 0.25) is 0 Å². The molecule has 0 radical (unpaired) electrons. The zero-order valence-corrected chi connectivity index (χ0v) is 10.4. The zero-order valence-electron chi connectivity index (χ0n) is 10.4. The number of hydrogen-bond donors (Lipinski definition) is 3. The van der Waals surface area contributed by atoms with E-state index in [1.807, 2.05) is 20.8 Å². The maximum Gasteiger partial charge on any atom is 0.488 e. The van der Waals surface area contributed by atoms with Crippen molar-refractivity contribution in [2.75, 3.05) is 0 Å². The third kappa shape index (κ3) is 5.02. The van der Waals surface area contributed by atoms with E-state index in [9.17, 15) is 4.79 Å². The van der Waals surface area contributed by atoms with Crippen molar-refractivity contribution in [2.45, 2.75) is 32.7 Å². The number of amides is 1.